The summed E-state index contributed by atoms with van der Waals surface area (Å²) in [4.78, 5) is 0. The van der Waals surface area contributed by atoms with Crippen LogP contribution in [0.4, 0.5) is 0 Å². The largest absolute Gasteiger partial charge is 0.493 e. The smallest absolute Gasteiger partial charge is 0.128 e. The topological polar surface area (TPSA) is 49.7 Å². The van der Waals surface area contributed by atoms with Crippen molar-refractivity contribution in [2.75, 3.05) is 6.61 Å². The van der Waals surface area contributed by atoms with Gasteiger partial charge in [0.15, 0.2) is 0 Å². The van der Waals surface area contributed by atoms with Crippen LogP contribution in [0.1, 0.15) is 43.4 Å². The molecule has 17 heavy (non-hydrogen) atoms. The molecule has 1 aliphatic heterocycles. The molecule has 0 saturated carbocycles. The van der Waals surface area contributed by atoms with Crippen molar-refractivity contribution in [1.82, 2.24) is 0 Å². The van der Waals surface area contributed by atoms with Gasteiger partial charge in [0.2, 0.25) is 0 Å². The zero-order valence-corrected chi connectivity index (χ0v) is 10.2. The van der Waals surface area contributed by atoms with Gasteiger partial charge in [-0.3, -0.25) is 0 Å². The first-order valence-corrected chi connectivity index (χ1v) is 6.34. The second-order valence-corrected chi connectivity index (χ2v) is 4.59. The Morgan fingerprint density at radius 2 is 2.18 bits per heavy atom. The van der Waals surface area contributed by atoms with E-state index in [9.17, 15) is 10.2 Å². The van der Waals surface area contributed by atoms with Crippen LogP contribution in [0.25, 0.3) is 0 Å². The van der Waals surface area contributed by atoms with Crippen molar-refractivity contribution in [3.63, 3.8) is 0 Å². The van der Waals surface area contributed by atoms with E-state index in [0.29, 0.717) is 13.0 Å². The number of hydrogen-bond donors (Lipinski definition) is 2. The molecule has 2 unspecified atom stereocenters. The van der Waals surface area contributed by atoms with Gasteiger partial charge in [0.1, 0.15) is 11.9 Å². The van der Waals surface area contributed by atoms with Gasteiger partial charge in [-0.05, 0) is 24.8 Å². The molecule has 0 amide bonds. The summed E-state index contributed by atoms with van der Waals surface area (Å²) in [6, 6.07) is 5.79. The van der Waals surface area contributed by atoms with E-state index in [2.05, 4.69) is 0 Å². The molecule has 0 aromatic heterocycles. The molecule has 3 heteroatoms. The Bertz CT molecular complexity index is 376. The SMILES string of the molecule is CCCC(O)C(O)c1cccc2c1OCCC2. The van der Waals surface area contributed by atoms with Crippen molar-refractivity contribution in [3.8, 4) is 5.75 Å². The quantitative estimate of drug-likeness (QED) is 0.842. The average molecular weight is 236 g/mol. The zero-order valence-electron chi connectivity index (χ0n) is 10.2. The summed E-state index contributed by atoms with van der Waals surface area (Å²) in [5.74, 6) is 0.779. The lowest BCUT2D eigenvalue weighted by Gasteiger charge is -2.25. The summed E-state index contributed by atoms with van der Waals surface area (Å²) >= 11 is 0. The minimum atomic E-state index is -0.844. The van der Waals surface area contributed by atoms with Crippen LogP contribution < -0.4 is 4.74 Å². The Morgan fingerprint density at radius 1 is 1.35 bits per heavy atom. The van der Waals surface area contributed by atoms with Gasteiger partial charge in [-0.1, -0.05) is 31.5 Å². The van der Waals surface area contributed by atoms with Crippen molar-refractivity contribution in [2.45, 2.75) is 44.8 Å². The molecular weight excluding hydrogens is 216 g/mol. The number of para-hydroxylation sites is 1. The van der Waals surface area contributed by atoms with Crippen LogP contribution in [0.5, 0.6) is 5.75 Å². The van der Waals surface area contributed by atoms with E-state index in [4.69, 9.17) is 4.74 Å². The van der Waals surface area contributed by atoms with E-state index in [-0.39, 0.29) is 0 Å². The first-order valence-electron chi connectivity index (χ1n) is 6.34. The molecule has 2 N–H and O–H groups in total. The third-order valence-corrected chi connectivity index (χ3v) is 3.23. The first-order chi connectivity index (χ1) is 8.24. The second-order valence-electron chi connectivity index (χ2n) is 4.59. The minimum Gasteiger partial charge on any atom is -0.493 e. The van der Waals surface area contributed by atoms with E-state index in [1.54, 1.807) is 0 Å². The highest BCUT2D eigenvalue weighted by Crippen LogP contribution is 2.34. The molecule has 0 aliphatic carbocycles. The fourth-order valence-electron chi connectivity index (χ4n) is 2.31. The lowest BCUT2D eigenvalue weighted by Crippen LogP contribution is -2.20. The lowest BCUT2D eigenvalue weighted by molar-refractivity contribution is 0.0112. The second kappa shape index (κ2) is 5.52. The number of aliphatic hydroxyl groups is 2. The van der Waals surface area contributed by atoms with Crippen molar-refractivity contribution in [3.05, 3.63) is 29.3 Å². The molecule has 1 aliphatic rings. The summed E-state index contributed by atoms with van der Waals surface area (Å²) in [7, 11) is 0. The highest BCUT2D eigenvalue weighted by Gasteiger charge is 2.24. The van der Waals surface area contributed by atoms with Crippen LogP contribution in [-0.4, -0.2) is 22.9 Å². The predicted molar refractivity (Wildman–Crippen MR) is 66.1 cm³/mol. The molecule has 3 nitrogen and oxygen atoms in total. The molecule has 2 rings (SSSR count). The molecular formula is C14H20O3. The number of ether oxygens (including phenoxy) is 1. The fourth-order valence-corrected chi connectivity index (χ4v) is 2.31. The maximum Gasteiger partial charge on any atom is 0.128 e. The first kappa shape index (κ1) is 12.4. The van der Waals surface area contributed by atoms with Crippen LogP contribution in [0.3, 0.4) is 0 Å². The van der Waals surface area contributed by atoms with E-state index in [1.165, 1.54) is 0 Å². The van der Waals surface area contributed by atoms with E-state index in [1.807, 2.05) is 25.1 Å². The summed E-state index contributed by atoms with van der Waals surface area (Å²) < 4.78 is 5.63. The summed E-state index contributed by atoms with van der Waals surface area (Å²) in [6.07, 6.45) is 1.91. The zero-order chi connectivity index (χ0) is 12.3. The fraction of sp³-hybridized carbons (Fsp3) is 0.571. The Hall–Kier alpha value is -1.06. The molecule has 0 saturated heterocycles. The van der Waals surface area contributed by atoms with E-state index in [0.717, 1.165) is 36.1 Å². The van der Waals surface area contributed by atoms with Crippen LogP contribution in [0.15, 0.2) is 18.2 Å². The average Bonchev–Trinajstić information content (AvgIpc) is 2.37. The molecule has 0 radical (unpaired) electrons. The highest BCUT2D eigenvalue weighted by atomic mass is 16.5. The number of rotatable bonds is 4. The summed E-state index contributed by atoms with van der Waals surface area (Å²) in [5.41, 5.74) is 1.86. The Morgan fingerprint density at radius 3 is 2.94 bits per heavy atom. The Labute approximate surface area is 102 Å². The third-order valence-electron chi connectivity index (χ3n) is 3.23. The number of aliphatic hydroxyl groups excluding tert-OH is 2. The lowest BCUT2D eigenvalue weighted by atomic mass is 9.95. The Balaban J connectivity index is 2.25. The molecule has 1 aromatic rings. The van der Waals surface area contributed by atoms with Crippen molar-refractivity contribution >= 4 is 0 Å². The standard InChI is InChI=1S/C14H20O3/c1-2-5-12(15)13(16)11-8-3-6-10-7-4-9-17-14(10)11/h3,6,8,12-13,15-16H,2,4-5,7,9H2,1H3. The van der Waals surface area contributed by atoms with Gasteiger partial charge in [0.05, 0.1) is 12.7 Å². The predicted octanol–water partition coefficient (Wildman–Crippen LogP) is 2.21. The molecule has 2 atom stereocenters. The molecule has 1 aromatic carbocycles. The molecule has 1 heterocycles. The van der Waals surface area contributed by atoms with Crippen LogP contribution in [0.2, 0.25) is 0 Å². The van der Waals surface area contributed by atoms with Gasteiger partial charge < -0.3 is 14.9 Å². The molecule has 0 fully saturated rings. The summed E-state index contributed by atoms with van der Waals surface area (Å²) in [6.45, 7) is 2.69. The maximum atomic E-state index is 10.1. The molecule has 94 valence electrons. The number of hydrogen-bond acceptors (Lipinski definition) is 3. The number of fused-ring (bicyclic) bond motifs is 1. The Kier molecular flexibility index (Phi) is 4.02. The summed E-state index contributed by atoms with van der Waals surface area (Å²) in [5, 5.41) is 20.0. The van der Waals surface area contributed by atoms with E-state index < -0.39 is 12.2 Å². The van der Waals surface area contributed by atoms with Gasteiger partial charge in [-0.15, -0.1) is 0 Å². The number of benzene rings is 1. The molecule has 0 bridgehead atoms. The normalized spacial score (nSPS) is 18.1. The van der Waals surface area contributed by atoms with Gasteiger partial charge in [-0.2, -0.15) is 0 Å². The highest BCUT2D eigenvalue weighted by molar-refractivity contribution is 5.44. The molecule has 0 spiro atoms. The third kappa shape index (κ3) is 2.61. The van der Waals surface area contributed by atoms with Crippen LogP contribution in [-0.2, 0) is 6.42 Å². The van der Waals surface area contributed by atoms with Crippen LogP contribution >= 0.6 is 0 Å². The monoisotopic (exact) mass is 236 g/mol. The van der Waals surface area contributed by atoms with E-state index >= 15 is 0 Å². The van der Waals surface area contributed by atoms with Gasteiger partial charge in [0.25, 0.3) is 0 Å². The van der Waals surface area contributed by atoms with Gasteiger partial charge >= 0.3 is 0 Å². The maximum absolute atomic E-state index is 10.1. The van der Waals surface area contributed by atoms with Gasteiger partial charge in [0, 0.05) is 5.56 Å². The number of aryl methyl sites for hydroxylation is 1. The van der Waals surface area contributed by atoms with Crippen LogP contribution in [0, 0.1) is 0 Å². The van der Waals surface area contributed by atoms with Gasteiger partial charge in [-0.25, -0.2) is 0 Å². The van der Waals surface area contributed by atoms with Crippen molar-refractivity contribution < 1.29 is 14.9 Å². The van der Waals surface area contributed by atoms with Crippen molar-refractivity contribution in [1.29, 1.82) is 0 Å². The van der Waals surface area contributed by atoms with Crippen molar-refractivity contribution in [2.24, 2.45) is 0 Å². The minimum absolute atomic E-state index is 0.602.